The molecule has 0 aliphatic carbocycles. The van der Waals surface area contributed by atoms with E-state index in [0.29, 0.717) is 17.9 Å². The molecule has 2 aromatic rings. The second-order valence-electron chi connectivity index (χ2n) is 5.23. The van der Waals surface area contributed by atoms with Gasteiger partial charge in [0.25, 0.3) is 0 Å². The average molecular weight is 313 g/mol. The molecule has 0 fully saturated rings. The number of fused-ring (bicyclic) bond motifs is 1. The highest BCUT2D eigenvalue weighted by Crippen LogP contribution is 2.31. The fraction of sp³-hybridized carbons (Fsp3) is 0.278. The molecule has 23 heavy (non-hydrogen) atoms. The average Bonchev–Trinajstić information content (AvgIpc) is 2.91. The normalized spacial score (nSPS) is 15.9. The molecule has 0 saturated carbocycles. The van der Waals surface area contributed by atoms with Crippen LogP contribution in [0.25, 0.3) is 0 Å². The number of rotatable bonds is 6. The molecule has 1 unspecified atom stereocenters. The van der Waals surface area contributed by atoms with Crippen molar-refractivity contribution >= 4 is 5.97 Å². The van der Waals surface area contributed by atoms with Gasteiger partial charge < -0.3 is 14.2 Å². The predicted octanol–water partition coefficient (Wildman–Crippen LogP) is 2.71. The van der Waals surface area contributed by atoms with Crippen LogP contribution < -0.4 is 14.8 Å². The molecule has 0 spiro atoms. The number of benzene rings is 2. The highest BCUT2D eigenvalue weighted by molar-refractivity contribution is 5.93. The Morgan fingerprint density at radius 2 is 1.91 bits per heavy atom. The van der Waals surface area contributed by atoms with E-state index in [9.17, 15) is 4.79 Å². The quantitative estimate of drug-likeness (QED) is 0.831. The van der Waals surface area contributed by atoms with E-state index in [0.717, 1.165) is 23.3 Å². The lowest BCUT2D eigenvalue weighted by Crippen LogP contribution is -2.23. The van der Waals surface area contributed by atoms with Gasteiger partial charge in [0.1, 0.15) is 0 Å². The summed E-state index contributed by atoms with van der Waals surface area (Å²) in [5.41, 5.74) is 2.55. The number of hydrogen-bond acceptors (Lipinski definition) is 5. The van der Waals surface area contributed by atoms with E-state index in [1.54, 1.807) is 20.3 Å². The Morgan fingerprint density at radius 3 is 2.70 bits per heavy atom. The lowest BCUT2D eigenvalue weighted by Gasteiger charge is -2.15. The topological polar surface area (TPSA) is 56.8 Å². The smallest absolute Gasteiger partial charge is 0.340 e. The Morgan fingerprint density at radius 1 is 1.09 bits per heavy atom. The Labute approximate surface area is 135 Å². The Kier molecular flexibility index (Phi) is 4.48. The first kappa shape index (κ1) is 15.4. The van der Waals surface area contributed by atoms with Crippen molar-refractivity contribution in [3.63, 3.8) is 0 Å². The van der Waals surface area contributed by atoms with Gasteiger partial charge in [-0.15, -0.1) is 0 Å². The monoisotopic (exact) mass is 313 g/mol. The Bertz CT molecular complexity index is 714. The molecule has 5 heteroatoms. The standard InChI is InChI=1S/C18H19NO4/c1-21-15-9-5-6-12(16(15)22-2)10-11-19-17-13-7-3-4-8-14(13)18(20)23-17/h3-9,17,19H,10-11H2,1-2H3. The maximum Gasteiger partial charge on any atom is 0.340 e. The zero-order valence-electron chi connectivity index (χ0n) is 13.2. The van der Waals surface area contributed by atoms with E-state index < -0.39 is 6.23 Å². The highest BCUT2D eigenvalue weighted by atomic mass is 16.6. The summed E-state index contributed by atoms with van der Waals surface area (Å²) < 4.78 is 16.1. The van der Waals surface area contributed by atoms with Crippen molar-refractivity contribution in [3.05, 3.63) is 59.2 Å². The third kappa shape index (κ3) is 3.00. The second kappa shape index (κ2) is 6.71. The molecule has 1 atom stereocenters. The third-order valence-corrected chi connectivity index (χ3v) is 3.90. The molecule has 0 amide bonds. The minimum Gasteiger partial charge on any atom is -0.493 e. The van der Waals surface area contributed by atoms with Gasteiger partial charge in [0, 0.05) is 12.1 Å². The molecule has 0 saturated heterocycles. The minimum atomic E-state index is -0.393. The fourth-order valence-electron chi connectivity index (χ4n) is 2.79. The zero-order chi connectivity index (χ0) is 16.2. The Balaban J connectivity index is 1.66. The molecule has 3 rings (SSSR count). The van der Waals surface area contributed by atoms with Crippen molar-refractivity contribution < 1.29 is 19.0 Å². The van der Waals surface area contributed by atoms with Crippen molar-refractivity contribution in [2.24, 2.45) is 0 Å². The first-order valence-electron chi connectivity index (χ1n) is 7.47. The number of esters is 1. The Hall–Kier alpha value is -2.53. The molecule has 5 nitrogen and oxygen atoms in total. The second-order valence-corrected chi connectivity index (χ2v) is 5.23. The van der Waals surface area contributed by atoms with Crippen molar-refractivity contribution in [2.75, 3.05) is 20.8 Å². The zero-order valence-corrected chi connectivity index (χ0v) is 13.2. The van der Waals surface area contributed by atoms with Crippen LogP contribution in [-0.2, 0) is 11.2 Å². The van der Waals surface area contributed by atoms with Crippen LogP contribution in [0, 0.1) is 0 Å². The summed E-state index contributed by atoms with van der Waals surface area (Å²) in [6.07, 6.45) is 0.339. The summed E-state index contributed by atoms with van der Waals surface area (Å²) in [4.78, 5) is 11.8. The van der Waals surface area contributed by atoms with Crippen LogP contribution in [0.5, 0.6) is 11.5 Å². The fourth-order valence-corrected chi connectivity index (χ4v) is 2.79. The largest absolute Gasteiger partial charge is 0.493 e. The van der Waals surface area contributed by atoms with Crippen LogP contribution in [0.1, 0.15) is 27.7 Å². The third-order valence-electron chi connectivity index (χ3n) is 3.90. The van der Waals surface area contributed by atoms with Gasteiger partial charge in [0.15, 0.2) is 17.7 Å². The maximum absolute atomic E-state index is 11.8. The van der Waals surface area contributed by atoms with Gasteiger partial charge in [-0.2, -0.15) is 0 Å². The van der Waals surface area contributed by atoms with E-state index in [1.165, 1.54) is 0 Å². The number of carbonyl (C=O) groups excluding carboxylic acids is 1. The number of hydrogen-bond donors (Lipinski definition) is 1. The van der Waals surface area contributed by atoms with Gasteiger partial charge in [-0.1, -0.05) is 30.3 Å². The first-order chi connectivity index (χ1) is 11.2. The van der Waals surface area contributed by atoms with E-state index >= 15 is 0 Å². The van der Waals surface area contributed by atoms with E-state index in [2.05, 4.69) is 5.32 Å². The van der Waals surface area contributed by atoms with Crippen LogP contribution in [0.15, 0.2) is 42.5 Å². The highest BCUT2D eigenvalue weighted by Gasteiger charge is 2.29. The lowest BCUT2D eigenvalue weighted by molar-refractivity contribution is 0.0310. The van der Waals surface area contributed by atoms with Crippen LogP contribution in [-0.4, -0.2) is 26.7 Å². The van der Waals surface area contributed by atoms with Gasteiger partial charge in [-0.05, 0) is 24.1 Å². The maximum atomic E-state index is 11.8. The van der Waals surface area contributed by atoms with Gasteiger partial charge in [-0.3, -0.25) is 5.32 Å². The van der Waals surface area contributed by atoms with Crippen molar-refractivity contribution in [3.8, 4) is 11.5 Å². The minimum absolute atomic E-state index is 0.280. The van der Waals surface area contributed by atoms with Crippen molar-refractivity contribution in [1.82, 2.24) is 5.32 Å². The number of ether oxygens (including phenoxy) is 3. The summed E-state index contributed by atoms with van der Waals surface area (Å²) >= 11 is 0. The summed E-state index contributed by atoms with van der Waals surface area (Å²) in [7, 11) is 3.25. The van der Waals surface area contributed by atoms with Crippen LogP contribution in [0.2, 0.25) is 0 Å². The van der Waals surface area contributed by atoms with Crippen LogP contribution in [0.4, 0.5) is 0 Å². The number of carbonyl (C=O) groups is 1. The van der Waals surface area contributed by atoms with Crippen LogP contribution in [0.3, 0.4) is 0 Å². The predicted molar refractivity (Wildman–Crippen MR) is 85.9 cm³/mol. The molecule has 2 aromatic carbocycles. The molecular weight excluding hydrogens is 294 g/mol. The summed E-state index contributed by atoms with van der Waals surface area (Å²) in [6, 6.07) is 13.2. The van der Waals surface area contributed by atoms with Gasteiger partial charge in [0.2, 0.25) is 0 Å². The summed E-state index contributed by atoms with van der Waals surface area (Å²) in [6.45, 7) is 0.649. The molecule has 120 valence electrons. The first-order valence-corrected chi connectivity index (χ1v) is 7.47. The van der Waals surface area contributed by atoms with E-state index in [4.69, 9.17) is 14.2 Å². The number of para-hydroxylation sites is 1. The molecule has 0 bridgehead atoms. The lowest BCUT2D eigenvalue weighted by atomic mass is 10.1. The summed E-state index contributed by atoms with van der Waals surface area (Å²) in [5.74, 6) is 1.17. The van der Waals surface area contributed by atoms with E-state index in [1.807, 2.05) is 36.4 Å². The van der Waals surface area contributed by atoms with Gasteiger partial charge >= 0.3 is 5.97 Å². The van der Waals surface area contributed by atoms with E-state index in [-0.39, 0.29) is 5.97 Å². The molecule has 1 aliphatic rings. The van der Waals surface area contributed by atoms with Crippen LogP contribution >= 0.6 is 0 Å². The molecule has 1 N–H and O–H groups in total. The van der Waals surface area contributed by atoms with Crippen molar-refractivity contribution in [1.29, 1.82) is 0 Å². The molecule has 1 aliphatic heterocycles. The molecule has 1 heterocycles. The molecular formula is C18H19NO4. The molecule has 0 radical (unpaired) electrons. The SMILES string of the molecule is COc1cccc(CCNC2OC(=O)c3ccccc32)c1OC. The van der Waals surface area contributed by atoms with Gasteiger partial charge in [0.05, 0.1) is 19.8 Å². The summed E-state index contributed by atoms with van der Waals surface area (Å²) in [5, 5.41) is 3.27. The molecule has 0 aromatic heterocycles. The number of nitrogens with one attached hydrogen (secondary N) is 1. The van der Waals surface area contributed by atoms with Crippen molar-refractivity contribution in [2.45, 2.75) is 12.6 Å². The number of cyclic esters (lactones) is 1. The van der Waals surface area contributed by atoms with Gasteiger partial charge in [-0.25, -0.2) is 4.79 Å². The number of methoxy groups -OCH3 is 2.